The Morgan fingerprint density at radius 2 is 1.53 bits per heavy atom. The van der Waals surface area contributed by atoms with Crippen LogP contribution >= 0.6 is 0 Å². The number of imidazole rings is 1. The number of aromatic nitrogens is 6. The lowest BCUT2D eigenvalue weighted by Gasteiger charge is -2.25. The maximum atomic E-state index is 10.2. The average Bonchev–Trinajstić information content (AvgIpc) is 4.19. The first-order valence-corrected chi connectivity index (χ1v) is 23.0. The molecule has 4 aromatic carbocycles. The monoisotopic (exact) mass is 885 g/mol. The van der Waals surface area contributed by atoms with E-state index in [0.29, 0.717) is 65.5 Å². The summed E-state index contributed by atoms with van der Waals surface area (Å²) in [7, 11) is 1.87. The summed E-state index contributed by atoms with van der Waals surface area (Å²) in [5.41, 5.74) is 10.9. The molecule has 1 saturated heterocycles. The minimum absolute atomic E-state index is 0.0637. The highest BCUT2D eigenvalue weighted by atomic mass is 16.5. The number of ether oxygens (including phenoxy) is 2. The summed E-state index contributed by atoms with van der Waals surface area (Å²) in [4.78, 5) is 20.0. The van der Waals surface area contributed by atoms with E-state index >= 15 is 0 Å². The van der Waals surface area contributed by atoms with Crippen molar-refractivity contribution >= 4 is 5.69 Å². The molecule has 66 heavy (non-hydrogen) atoms. The number of nitriles is 1. The number of fused-ring (bicyclic) bond motifs is 2. The topological polar surface area (TPSA) is 188 Å². The van der Waals surface area contributed by atoms with Gasteiger partial charge < -0.3 is 39.5 Å². The molecule has 2 unspecified atom stereocenters. The van der Waals surface area contributed by atoms with Crippen molar-refractivity contribution in [3.8, 4) is 63.3 Å². The molecule has 4 N–H and O–H groups in total. The number of H-pyrrole nitrogens is 1. The molecule has 0 amide bonds. The second-order valence-electron chi connectivity index (χ2n) is 17.9. The number of nitrogens with zero attached hydrogens (tertiary/aromatic N) is 7. The summed E-state index contributed by atoms with van der Waals surface area (Å²) in [6.07, 6.45) is 6.68. The van der Waals surface area contributed by atoms with Gasteiger partial charge in [0.1, 0.15) is 29.5 Å². The number of aryl methyl sites for hydroxylation is 1. The number of hydrogen-bond donors (Lipinski definition) is 4. The van der Waals surface area contributed by atoms with Crippen molar-refractivity contribution < 1.29 is 18.5 Å². The Hall–Kier alpha value is -6.86. The second-order valence-corrected chi connectivity index (χ2v) is 17.9. The zero-order valence-electron chi connectivity index (χ0n) is 38.0. The molecule has 3 aromatic heterocycles. The summed E-state index contributed by atoms with van der Waals surface area (Å²) in [6, 6.07) is 27.2. The summed E-state index contributed by atoms with van der Waals surface area (Å²) in [5.74, 6) is 4.20. The van der Waals surface area contributed by atoms with Gasteiger partial charge in [0.05, 0.1) is 23.9 Å². The minimum atomic E-state index is -0.167. The van der Waals surface area contributed by atoms with E-state index in [1.807, 2.05) is 83.4 Å². The molecule has 1 aliphatic heterocycles. The van der Waals surface area contributed by atoms with Crippen molar-refractivity contribution in [1.82, 2.24) is 45.8 Å². The first-order valence-electron chi connectivity index (χ1n) is 23.0. The second kappa shape index (κ2) is 18.6. The van der Waals surface area contributed by atoms with Gasteiger partial charge in [0, 0.05) is 79.0 Å². The van der Waals surface area contributed by atoms with Crippen LogP contribution in [-0.2, 0) is 19.4 Å². The fourth-order valence-corrected chi connectivity index (χ4v) is 9.87. The van der Waals surface area contributed by atoms with Crippen molar-refractivity contribution in [2.45, 2.75) is 96.7 Å². The summed E-state index contributed by atoms with van der Waals surface area (Å²) in [5, 5.41) is 29.6. The first kappa shape index (κ1) is 43.1. The predicted octanol–water partition coefficient (Wildman–Crippen LogP) is 8.75. The molecule has 0 bridgehead atoms. The van der Waals surface area contributed by atoms with Crippen LogP contribution in [0.5, 0.6) is 11.5 Å². The number of aromatic amines is 1. The maximum absolute atomic E-state index is 10.2. The van der Waals surface area contributed by atoms with Gasteiger partial charge in [-0.25, -0.2) is 4.98 Å². The number of benzene rings is 4. The molecule has 2 aliphatic carbocycles. The molecular formula is C51H55N11O4. The number of nitrogens with one attached hydrogen (secondary N) is 4. The molecule has 7 aromatic rings. The number of anilines is 1. The summed E-state index contributed by atoms with van der Waals surface area (Å²) >= 11 is 0. The van der Waals surface area contributed by atoms with Gasteiger partial charge in [-0.05, 0) is 118 Å². The van der Waals surface area contributed by atoms with Crippen LogP contribution in [0, 0.1) is 18.3 Å². The Kier molecular flexibility index (Phi) is 12.1. The van der Waals surface area contributed by atoms with Gasteiger partial charge in [-0.3, -0.25) is 4.90 Å². The third-order valence-corrected chi connectivity index (χ3v) is 13.0. The Labute approximate surface area is 384 Å². The zero-order chi connectivity index (χ0) is 45.3. The minimum Gasteiger partial charge on any atom is -0.489 e. The molecule has 0 radical (unpaired) electrons. The molecule has 3 aliphatic rings. The van der Waals surface area contributed by atoms with Crippen molar-refractivity contribution in [1.29, 1.82) is 5.26 Å². The highest BCUT2D eigenvalue weighted by Gasteiger charge is 2.35. The zero-order valence-corrected chi connectivity index (χ0v) is 38.0. The van der Waals surface area contributed by atoms with Gasteiger partial charge in [-0.2, -0.15) is 15.2 Å². The Balaban J connectivity index is 0.737. The molecule has 4 atom stereocenters. The smallest absolute Gasteiger partial charge is 0.258 e. The summed E-state index contributed by atoms with van der Waals surface area (Å²) in [6.45, 7) is 11.3. The molecule has 338 valence electrons. The Morgan fingerprint density at radius 3 is 2.23 bits per heavy atom. The third-order valence-electron chi connectivity index (χ3n) is 13.0. The van der Waals surface area contributed by atoms with E-state index in [9.17, 15) is 5.26 Å². The molecule has 15 nitrogen and oxygen atoms in total. The van der Waals surface area contributed by atoms with Crippen molar-refractivity contribution in [3.05, 3.63) is 118 Å². The molecule has 1 fully saturated rings. The molecule has 15 heteroatoms. The van der Waals surface area contributed by atoms with Crippen LogP contribution in [0.2, 0.25) is 0 Å². The maximum Gasteiger partial charge on any atom is 0.258 e. The Morgan fingerprint density at radius 1 is 0.833 bits per heavy atom. The SMILES string of the molecule is CNc1cc(-c2nc(-c3cccc4c3CCC4N3CC[C@H](NCC(C)Oc4ccc(-c5nc(-c6cccc7c6CC[C@@H]7NCc6ncc(C)[nH]6)no5)cc4C#N)C3)no2)ccc1OC(C)C. The van der Waals surface area contributed by atoms with Crippen LogP contribution in [0.3, 0.4) is 0 Å². The molecule has 10 rings (SSSR count). The van der Waals surface area contributed by atoms with Gasteiger partial charge >= 0.3 is 0 Å². The summed E-state index contributed by atoms with van der Waals surface area (Å²) < 4.78 is 23.9. The van der Waals surface area contributed by atoms with Gasteiger partial charge in [-0.1, -0.05) is 46.7 Å². The fraction of sp³-hybridized carbons (Fsp3) is 0.373. The van der Waals surface area contributed by atoms with Crippen LogP contribution in [0.1, 0.15) is 91.5 Å². The predicted molar refractivity (Wildman–Crippen MR) is 251 cm³/mol. The van der Waals surface area contributed by atoms with Crippen molar-refractivity contribution in [3.63, 3.8) is 0 Å². The molecular weight excluding hydrogens is 831 g/mol. The Bertz CT molecular complexity index is 2890. The van der Waals surface area contributed by atoms with Crippen LogP contribution in [0.25, 0.3) is 45.7 Å². The van der Waals surface area contributed by atoms with Crippen molar-refractivity contribution in [2.75, 3.05) is 32.0 Å². The van der Waals surface area contributed by atoms with Gasteiger partial charge in [0.25, 0.3) is 11.8 Å². The van der Waals surface area contributed by atoms with Gasteiger partial charge in [0.15, 0.2) is 0 Å². The van der Waals surface area contributed by atoms with E-state index in [2.05, 4.69) is 71.5 Å². The number of hydrogen-bond acceptors (Lipinski definition) is 14. The van der Waals surface area contributed by atoms with E-state index in [-0.39, 0.29) is 18.2 Å². The molecule has 0 saturated carbocycles. The van der Waals surface area contributed by atoms with Gasteiger partial charge in [0.2, 0.25) is 11.6 Å². The van der Waals surface area contributed by atoms with E-state index in [4.69, 9.17) is 28.5 Å². The largest absolute Gasteiger partial charge is 0.489 e. The van der Waals surface area contributed by atoms with Crippen LogP contribution in [-0.4, -0.2) is 80.1 Å². The average molecular weight is 886 g/mol. The normalized spacial score (nSPS) is 18.3. The number of rotatable bonds is 16. The van der Waals surface area contributed by atoms with Crippen LogP contribution in [0.4, 0.5) is 5.69 Å². The quantitative estimate of drug-likeness (QED) is 0.0721. The number of likely N-dealkylation sites (tertiary alicyclic amines) is 1. The van der Waals surface area contributed by atoms with E-state index < -0.39 is 0 Å². The highest BCUT2D eigenvalue weighted by Crippen LogP contribution is 2.42. The van der Waals surface area contributed by atoms with Crippen molar-refractivity contribution in [2.24, 2.45) is 0 Å². The lowest BCUT2D eigenvalue weighted by Crippen LogP contribution is -2.39. The third kappa shape index (κ3) is 8.79. The van der Waals surface area contributed by atoms with Crippen LogP contribution < -0.4 is 25.4 Å². The molecule has 4 heterocycles. The van der Waals surface area contributed by atoms with E-state index in [0.717, 1.165) is 84.8 Å². The van der Waals surface area contributed by atoms with E-state index in [1.54, 1.807) is 6.07 Å². The fourth-order valence-electron chi connectivity index (χ4n) is 9.87. The standard InChI is InChI=1S/C51H55N11O4/c1-29(2)63-46-19-13-33(23-43(46)53-5)51-59-49(61-66-51)41-11-7-9-39-37(41)15-17-44(39)62-21-20-35(28-62)54-26-31(4)64-45-18-12-32(22-34(45)24-52)50-58-48(60-65-50)40-10-6-8-38-36(40)14-16-42(38)55-27-47-56-25-30(3)57-47/h6-13,18-19,22-23,25,29,31,35,42,44,53-55H,14-17,20-21,26-28H2,1-5H3,(H,56,57)/t31?,35-,42-,44?/m0/s1. The van der Waals surface area contributed by atoms with E-state index in [1.165, 1.54) is 22.3 Å². The van der Waals surface area contributed by atoms with Gasteiger partial charge in [-0.15, -0.1) is 0 Å². The lowest BCUT2D eigenvalue weighted by molar-refractivity contribution is 0.205. The first-order chi connectivity index (χ1) is 32.2. The van der Waals surface area contributed by atoms with Crippen LogP contribution in [0.15, 0.2) is 88.0 Å². The highest BCUT2D eigenvalue weighted by molar-refractivity contribution is 5.70. The lowest BCUT2D eigenvalue weighted by atomic mass is 10.0. The molecule has 0 spiro atoms.